The lowest BCUT2D eigenvalue weighted by Gasteiger charge is -2.34. The van der Waals surface area contributed by atoms with Crippen molar-refractivity contribution in [3.8, 4) is 5.88 Å². The minimum Gasteiger partial charge on any atom is -0.472 e. The van der Waals surface area contributed by atoms with Crippen LogP contribution >= 0.6 is 11.8 Å². The molecule has 1 amide bonds. The average molecular weight is 646 g/mol. The number of benzene rings is 1. The lowest BCUT2D eigenvalue weighted by molar-refractivity contribution is -0.147. The summed E-state index contributed by atoms with van der Waals surface area (Å²) in [6, 6.07) is 5.18. The minimum atomic E-state index is -4.10. The van der Waals surface area contributed by atoms with Crippen molar-refractivity contribution in [2.45, 2.75) is 76.0 Å². The Hall–Kier alpha value is -2.79. The first kappa shape index (κ1) is 33.1. The predicted octanol–water partition coefficient (Wildman–Crippen LogP) is 4.18. The quantitative estimate of drug-likeness (QED) is 0.313. The van der Waals surface area contributed by atoms with Crippen LogP contribution < -0.4 is 9.46 Å². The Morgan fingerprint density at radius 2 is 1.91 bits per heavy atom. The zero-order valence-corrected chi connectivity index (χ0v) is 26.6. The highest BCUT2D eigenvalue weighted by molar-refractivity contribution is 7.98. The van der Waals surface area contributed by atoms with Crippen molar-refractivity contribution in [3.63, 3.8) is 0 Å². The van der Waals surface area contributed by atoms with Gasteiger partial charge in [0.15, 0.2) is 22.6 Å². The van der Waals surface area contributed by atoms with Gasteiger partial charge in [-0.3, -0.25) is 4.72 Å². The van der Waals surface area contributed by atoms with E-state index in [1.807, 2.05) is 0 Å². The molecule has 0 unspecified atom stereocenters. The largest absolute Gasteiger partial charge is 0.472 e. The molecule has 2 fully saturated rings. The van der Waals surface area contributed by atoms with Crippen LogP contribution in [0.2, 0.25) is 0 Å². The number of amides is 1. The Balaban J connectivity index is 1.49. The molecule has 12 nitrogen and oxygen atoms in total. The number of thioether (sulfide) groups is 1. The standard InChI is InChI=1S/C27H37F2N5O7S2/c1-17(20-15-38-27(5,6)40-20)39-22-14-21(30-24(31-22)42-16-18-8-7-9-19(28)23(18)29)32-43(36,37)34-12-10-33(11-13-34)25(35)41-26(2,3)4/h7-9,14,17,20H,10-13,15-16H2,1-6H3,(H,30,31,32)/t17-,20+/m1/s1. The smallest absolute Gasteiger partial charge is 0.410 e. The fourth-order valence-corrected chi connectivity index (χ4v) is 6.20. The zero-order chi connectivity index (χ0) is 31.6. The number of carbonyl (C=O) groups excluding carboxylic acids is 1. The molecule has 0 bridgehead atoms. The monoisotopic (exact) mass is 645 g/mol. The summed E-state index contributed by atoms with van der Waals surface area (Å²) in [5.74, 6) is -2.80. The van der Waals surface area contributed by atoms with Gasteiger partial charge in [0.2, 0.25) is 5.88 Å². The van der Waals surface area contributed by atoms with E-state index in [1.165, 1.54) is 27.4 Å². The number of halogens is 2. The first-order valence-corrected chi connectivity index (χ1v) is 16.1. The van der Waals surface area contributed by atoms with Crippen molar-refractivity contribution < 1.29 is 40.9 Å². The molecule has 1 aromatic carbocycles. The maximum atomic E-state index is 14.2. The van der Waals surface area contributed by atoms with E-state index in [0.717, 1.165) is 17.8 Å². The van der Waals surface area contributed by atoms with Gasteiger partial charge in [0.25, 0.3) is 0 Å². The van der Waals surface area contributed by atoms with Crippen LogP contribution in [0.25, 0.3) is 0 Å². The van der Waals surface area contributed by atoms with Gasteiger partial charge in [0.1, 0.15) is 23.6 Å². The number of piperazine rings is 1. The summed E-state index contributed by atoms with van der Waals surface area (Å²) < 4.78 is 81.0. The van der Waals surface area contributed by atoms with Gasteiger partial charge in [-0.1, -0.05) is 23.9 Å². The number of carbonyl (C=O) groups is 1. The predicted molar refractivity (Wildman–Crippen MR) is 155 cm³/mol. The molecule has 0 aliphatic carbocycles. The third kappa shape index (κ3) is 9.11. The molecular weight excluding hydrogens is 608 g/mol. The van der Waals surface area contributed by atoms with Gasteiger partial charge in [-0.05, 0) is 47.6 Å². The van der Waals surface area contributed by atoms with Gasteiger partial charge in [-0.15, -0.1) is 0 Å². The van der Waals surface area contributed by atoms with Crippen molar-refractivity contribution in [3.05, 3.63) is 41.5 Å². The van der Waals surface area contributed by atoms with E-state index in [9.17, 15) is 22.0 Å². The lowest BCUT2D eigenvalue weighted by Crippen LogP contribution is -2.52. The summed E-state index contributed by atoms with van der Waals surface area (Å²) in [6.07, 6.45) is -1.45. The molecule has 16 heteroatoms. The Morgan fingerprint density at radius 1 is 1.21 bits per heavy atom. The molecule has 2 atom stereocenters. The SMILES string of the molecule is C[C@@H](Oc1cc(NS(=O)(=O)N2CCN(C(=O)OC(C)(C)C)CC2)nc(SCc2cccc(F)c2F)n1)[C@@H]1COC(C)(C)O1. The Labute approximate surface area is 254 Å². The zero-order valence-electron chi connectivity index (χ0n) is 24.9. The molecule has 1 aromatic heterocycles. The summed E-state index contributed by atoms with van der Waals surface area (Å²) in [7, 11) is -4.10. The maximum absolute atomic E-state index is 14.2. The normalized spacial score (nSPS) is 20.1. The molecule has 0 spiro atoms. The number of ether oxygens (including phenoxy) is 4. The molecule has 3 heterocycles. The van der Waals surface area contributed by atoms with E-state index in [4.69, 9.17) is 18.9 Å². The molecule has 2 aliphatic rings. The molecule has 1 N–H and O–H groups in total. The average Bonchev–Trinajstić information content (AvgIpc) is 3.28. The van der Waals surface area contributed by atoms with Crippen LogP contribution in [0.4, 0.5) is 19.4 Å². The Bertz CT molecular complexity index is 1420. The first-order valence-electron chi connectivity index (χ1n) is 13.7. The van der Waals surface area contributed by atoms with Crippen molar-refractivity contribution in [2.75, 3.05) is 37.5 Å². The van der Waals surface area contributed by atoms with Crippen LogP contribution in [0.3, 0.4) is 0 Å². The number of aromatic nitrogens is 2. The van der Waals surface area contributed by atoms with Gasteiger partial charge in [0.05, 0.1) is 6.61 Å². The van der Waals surface area contributed by atoms with E-state index >= 15 is 0 Å². The van der Waals surface area contributed by atoms with Gasteiger partial charge in [0, 0.05) is 43.6 Å². The van der Waals surface area contributed by atoms with Gasteiger partial charge in [-0.25, -0.2) is 18.6 Å². The Morgan fingerprint density at radius 3 is 2.53 bits per heavy atom. The number of nitrogens with zero attached hydrogens (tertiary/aromatic N) is 4. The third-order valence-corrected chi connectivity index (χ3v) is 8.80. The fourth-order valence-electron chi connectivity index (χ4n) is 4.23. The summed E-state index contributed by atoms with van der Waals surface area (Å²) in [6.45, 7) is 11.2. The van der Waals surface area contributed by atoms with E-state index in [0.29, 0.717) is 0 Å². The second-order valence-corrected chi connectivity index (χ2v) is 14.2. The van der Waals surface area contributed by atoms with Crippen molar-refractivity contribution in [1.29, 1.82) is 0 Å². The van der Waals surface area contributed by atoms with Crippen LogP contribution in [0.15, 0.2) is 29.4 Å². The molecule has 0 saturated carbocycles. The number of hydrogen-bond acceptors (Lipinski definition) is 10. The number of anilines is 1. The maximum Gasteiger partial charge on any atom is 0.410 e. The topological polar surface area (TPSA) is 132 Å². The van der Waals surface area contributed by atoms with Crippen molar-refractivity contribution in [2.24, 2.45) is 0 Å². The fraction of sp³-hybridized carbons (Fsp3) is 0.593. The van der Waals surface area contributed by atoms with Gasteiger partial charge < -0.3 is 23.8 Å². The van der Waals surface area contributed by atoms with Crippen molar-refractivity contribution >= 4 is 33.9 Å². The molecule has 2 aliphatic heterocycles. The van der Waals surface area contributed by atoms with Gasteiger partial charge >= 0.3 is 16.3 Å². The van der Waals surface area contributed by atoms with Crippen LogP contribution in [-0.2, 0) is 30.2 Å². The van der Waals surface area contributed by atoms with Crippen LogP contribution in [-0.4, -0.2) is 90.1 Å². The summed E-state index contributed by atoms with van der Waals surface area (Å²) in [5, 5.41) is 0.0738. The number of rotatable bonds is 9. The van der Waals surface area contributed by atoms with Crippen LogP contribution in [0.5, 0.6) is 5.88 Å². The van der Waals surface area contributed by atoms with Crippen molar-refractivity contribution in [1.82, 2.24) is 19.2 Å². The molecule has 2 saturated heterocycles. The second kappa shape index (κ2) is 13.1. The van der Waals surface area contributed by atoms with E-state index < -0.39 is 51.5 Å². The second-order valence-electron chi connectivity index (χ2n) is 11.5. The van der Waals surface area contributed by atoms with Crippen LogP contribution in [0.1, 0.15) is 47.1 Å². The molecule has 4 rings (SSSR count). The number of hydrogen-bond donors (Lipinski definition) is 1. The lowest BCUT2D eigenvalue weighted by atomic mass is 10.2. The minimum absolute atomic E-state index is 0.0187. The molecule has 0 radical (unpaired) electrons. The first-order chi connectivity index (χ1) is 20.0. The van der Waals surface area contributed by atoms with Crippen LogP contribution in [0, 0.1) is 11.6 Å². The highest BCUT2D eigenvalue weighted by Crippen LogP contribution is 2.29. The third-order valence-electron chi connectivity index (χ3n) is 6.39. The van der Waals surface area contributed by atoms with E-state index in [2.05, 4.69) is 14.7 Å². The summed E-state index contributed by atoms with van der Waals surface area (Å²) in [5.41, 5.74) is -0.577. The Kier molecular flexibility index (Phi) is 10.1. The summed E-state index contributed by atoms with van der Waals surface area (Å²) in [4.78, 5) is 22.5. The molecule has 43 heavy (non-hydrogen) atoms. The highest BCUT2D eigenvalue weighted by atomic mass is 32.2. The van der Waals surface area contributed by atoms with E-state index in [1.54, 1.807) is 41.5 Å². The molecule has 238 valence electrons. The molecule has 2 aromatic rings. The van der Waals surface area contributed by atoms with Gasteiger partial charge in [-0.2, -0.15) is 17.7 Å². The number of nitrogens with one attached hydrogen (secondary N) is 1. The summed E-state index contributed by atoms with van der Waals surface area (Å²) >= 11 is 0.982. The molecular formula is C27H37F2N5O7S2. The highest BCUT2D eigenvalue weighted by Gasteiger charge is 2.37. The van der Waals surface area contributed by atoms with E-state index in [-0.39, 0.29) is 61.0 Å².